The third kappa shape index (κ3) is 4.32. The number of hydrogen-bond acceptors (Lipinski definition) is 4. The number of nitrogens with one attached hydrogen (secondary N) is 1. The summed E-state index contributed by atoms with van der Waals surface area (Å²) in [6, 6.07) is 7.10. The summed E-state index contributed by atoms with van der Waals surface area (Å²) in [5.74, 6) is -0.802. The van der Waals surface area contributed by atoms with Crippen molar-refractivity contribution in [1.82, 2.24) is 9.78 Å². The van der Waals surface area contributed by atoms with Crippen LogP contribution in [0.1, 0.15) is 13.8 Å². The van der Waals surface area contributed by atoms with E-state index in [-0.39, 0.29) is 12.5 Å². The largest absolute Gasteiger partial charge is 0.484 e. The summed E-state index contributed by atoms with van der Waals surface area (Å²) in [5.41, 5.74) is -0.791. The average molecular weight is 382 g/mol. The van der Waals surface area contributed by atoms with Crippen LogP contribution < -0.4 is 10.1 Å². The van der Waals surface area contributed by atoms with Crippen LogP contribution in [0.15, 0.2) is 41.1 Å². The minimum atomic E-state index is -1.20. The van der Waals surface area contributed by atoms with Gasteiger partial charge in [-0.3, -0.25) is 9.48 Å². The second-order valence-electron chi connectivity index (χ2n) is 5.33. The quantitative estimate of drug-likeness (QED) is 0.801. The average Bonchev–Trinajstić information content (AvgIpc) is 2.95. The van der Waals surface area contributed by atoms with Crippen molar-refractivity contribution in [2.24, 2.45) is 0 Å². The van der Waals surface area contributed by atoms with Gasteiger partial charge in [-0.05, 0) is 38.1 Å². The predicted molar refractivity (Wildman–Crippen MR) is 87.5 cm³/mol. The Hall–Kier alpha value is -2.35. The van der Waals surface area contributed by atoms with Crippen LogP contribution in [0.5, 0.6) is 5.75 Å². The van der Waals surface area contributed by atoms with E-state index in [9.17, 15) is 9.59 Å². The molecular formula is C15H16BrN3O4. The maximum Gasteiger partial charge on any atom is 0.331 e. The first-order chi connectivity index (χ1) is 10.8. The summed E-state index contributed by atoms with van der Waals surface area (Å²) in [5, 5.41) is 15.7. The number of carboxylic acid groups (broad SMARTS) is 1. The van der Waals surface area contributed by atoms with Crippen molar-refractivity contribution in [3.8, 4) is 5.75 Å². The van der Waals surface area contributed by atoms with Crippen LogP contribution in [0, 0.1) is 0 Å². The standard InChI is InChI=1S/C15H16BrN3O4/c1-15(2,14(21)22)19-8-11(7-17-19)18-13(20)9-23-12-5-3-10(16)4-6-12/h3-8H,9H2,1-2H3,(H,18,20)(H,21,22). The molecule has 0 aliphatic carbocycles. The Kier molecular flexibility index (Phi) is 5.05. The van der Waals surface area contributed by atoms with E-state index in [2.05, 4.69) is 26.3 Å². The van der Waals surface area contributed by atoms with Crippen molar-refractivity contribution in [2.75, 3.05) is 11.9 Å². The first-order valence-corrected chi connectivity index (χ1v) is 7.55. The van der Waals surface area contributed by atoms with Crippen LogP contribution in [-0.2, 0) is 15.1 Å². The second-order valence-corrected chi connectivity index (χ2v) is 6.24. The smallest absolute Gasteiger partial charge is 0.331 e. The van der Waals surface area contributed by atoms with E-state index >= 15 is 0 Å². The summed E-state index contributed by atoms with van der Waals surface area (Å²) in [6.45, 7) is 2.88. The molecule has 2 N–H and O–H groups in total. The molecule has 0 saturated carbocycles. The van der Waals surface area contributed by atoms with Gasteiger partial charge < -0.3 is 15.2 Å². The molecule has 0 radical (unpaired) electrons. The van der Waals surface area contributed by atoms with E-state index < -0.39 is 11.5 Å². The number of nitrogens with zero attached hydrogens (tertiary/aromatic N) is 2. The zero-order valence-corrected chi connectivity index (χ0v) is 14.2. The minimum absolute atomic E-state index is 0.158. The van der Waals surface area contributed by atoms with Gasteiger partial charge in [-0.15, -0.1) is 0 Å². The Morgan fingerprint density at radius 2 is 2.00 bits per heavy atom. The zero-order chi connectivity index (χ0) is 17.0. The number of hydrogen-bond donors (Lipinski definition) is 2. The topological polar surface area (TPSA) is 93.5 Å². The van der Waals surface area contributed by atoms with Gasteiger partial charge >= 0.3 is 5.97 Å². The van der Waals surface area contributed by atoms with Gasteiger partial charge in [0, 0.05) is 10.7 Å². The fourth-order valence-corrected chi connectivity index (χ4v) is 1.93. The van der Waals surface area contributed by atoms with Gasteiger partial charge in [0.1, 0.15) is 5.75 Å². The van der Waals surface area contributed by atoms with Crippen molar-refractivity contribution in [3.63, 3.8) is 0 Å². The summed E-state index contributed by atoms with van der Waals surface area (Å²) in [6.07, 6.45) is 2.86. The molecule has 2 rings (SSSR count). The highest BCUT2D eigenvalue weighted by Crippen LogP contribution is 2.18. The Balaban J connectivity index is 1.92. The Morgan fingerprint density at radius 3 is 2.61 bits per heavy atom. The van der Waals surface area contributed by atoms with Crippen LogP contribution in [0.4, 0.5) is 5.69 Å². The van der Waals surface area contributed by atoms with Crippen LogP contribution >= 0.6 is 15.9 Å². The molecule has 0 spiro atoms. The first-order valence-electron chi connectivity index (χ1n) is 6.76. The van der Waals surface area contributed by atoms with E-state index in [0.717, 1.165) is 4.47 Å². The number of carbonyl (C=O) groups excluding carboxylic acids is 1. The van der Waals surface area contributed by atoms with E-state index in [1.165, 1.54) is 30.9 Å². The van der Waals surface area contributed by atoms with E-state index in [0.29, 0.717) is 11.4 Å². The lowest BCUT2D eigenvalue weighted by Gasteiger charge is -2.19. The summed E-state index contributed by atoms with van der Waals surface area (Å²) < 4.78 is 7.55. The number of halogens is 1. The molecule has 0 aliphatic heterocycles. The van der Waals surface area contributed by atoms with Gasteiger partial charge in [0.15, 0.2) is 12.1 Å². The highest BCUT2D eigenvalue weighted by Gasteiger charge is 2.30. The maximum absolute atomic E-state index is 11.8. The first kappa shape index (κ1) is 17.0. The number of aliphatic carboxylic acids is 1. The van der Waals surface area contributed by atoms with Crippen LogP contribution in [0.2, 0.25) is 0 Å². The molecule has 0 atom stereocenters. The van der Waals surface area contributed by atoms with E-state index in [1.807, 2.05) is 12.1 Å². The molecule has 2 aromatic rings. The number of aromatic nitrogens is 2. The predicted octanol–water partition coefficient (Wildman–Crippen LogP) is 2.48. The van der Waals surface area contributed by atoms with Gasteiger partial charge in [-0.25, -0.2) is 4.79 Å². The number of ether oxygens (including phenoxy) is 1. The third-order valence-electron chi connectivity index (χ3n) is 3.15. The monoisotopic (exact) mass is 381 g/mol. The zero-order valence-electron chi connectivity index (χ0n) is 12.6. The van der Waals surface area contributed by atoms with Crippen molar-refractivity contribution < 1.29 is 19.4 Å². The fourth-order valence-electron chi connectivity index (χ4n) is 1.67. The Bertz CT molecular complexity index is 710. The lowest BCUT2D eigenvalue weighted by Crippen LogP contribution is -2.35. The number of carbonyl (C=O) groups is 2. The normalized spacial score (nSPS) is 11.1. The van der Waals surface area contributed by atoms with Gasteiger partial charge in [0.05, 0.1) is 11.9 Å². The summed E-state index contributed by atoms with van der Waals surface area (Å²) in [4.78, 5) is 23.0. The molecule has 0 unspecified atom stereocenters. The minimum Gasteiger partial charge on any atom is -0.484 e. The molecular weight excluding hydrogens is 366 g/mol. The molecule has 0 aliphatic rings. The molecule has 0 bridgehead atoms. The number of rotatable bonds is 6. The fraction of sp³-hybridized carbons (Fsp3) is 0.267. The molecule has 0 fully saturated rings. The number of anilines is 1. The number of amides is 1. The lowest BCUT2D eigenvalue weighted by atomic mass is 10.1. The molecule has 23 heavy (non-hydrogen) atoms. The lowest BCUT2D eigenvalue weighted by molar-refractivity contribution is -0.146. The third-order valence-corrected chi connectivity index (χ3v) is 3.67. The number of carboxylic acids is 1. The highest BCUT2D eigenvalue weighted by molar-refractivity contribution is 9.10. The molecule has 8 heteroatoms. The highest BCUT2D eigenvalue weighted by atomic mass is 79.9. The molecule has 1 aromatic heterocycles. The summed E-state index contributed by atoms with van der Waals surface area (Å²) in [7, 11) is 0. The SMILES string of the molecule is CC(C)(C(=O)O)n1cc(NC(=O)COc2ccc(Br)cc2)cn1. The Morgan fingerprint density at radius 1 is 1.35 bits per heavy atom. The van der Waals surface area contributed by atoms with E-state index in [1.54, 1.807) is 12.1 Å². The molecule has 1 heterocycles. The molecule has 122 valence electrons. The molecule has 7 nitrogen and oxygen atoms in total. The van der Waals surface area contributed by atoms with Crippen molar-refractivity contribution in [1.29, 1.82) is 0 Å². The summed E-state index contributed by atoms with van der Waals surface area (Å²) >= 11 is 3.31. The van der Waals surface area contributed by atoms with Crippen LogP contribution in [-0.4, -0.2) is 33.4 Å². The van der Waals surface area contributed by atoms with Crippen molar-refractivity contribution in [3.05, 3.63) is 41.1 Å². The van der Waals surface area contributed by atoms with Crippen molar-refractivity contribution in [2.45, 2.75) is 19.4 Å². The van der Waals surface area contributed by atoms with Gasteiger partial charge in [-0.1, -0.05) is 15.9 Å². The number of benzene rings is 1. The van der Waals surface area contributed by atoms with Gasteiger partial charge in [0.2, 0.25) is 0 Å². The molecule has 1 aromatic carbocycles. The molecule has 1 amide bonds. The maximum atomic E-state index is 11.8. The van der Waals surface area contributed by atoms with Crippen molar-refractivity contribution >= 4 is 33.5 Å². The molecule has 0 saturated heterocycles. The second kappa shape index (κ2) is 6.82. The Labute approximate surface area is 141 Å². The van der Waals surface area contributed by atoms with E-state index in [4.69, 9.17) is 9.84 Å². The van der Waals surface area contributed by atoms with Gasteiger partial charge in [-0.2, -0.15) is 5.10 Å². The van der Waals surface area contributed by atoms with Crippen LogP contribution in [0.25, 0.3) is 0 Å². The van der Waals surface area contributed by atoms with Gasteiger partial charge in [0.25, 0.3) is 5.91 Å². The van der Waals surface area contributed by atoms with Crippen LogP contribution in [0.3, 0.4) is 0 Å².